The molecular formula is C17H25NO3. The van der Waals surface area contributed by atoms with Gasteiger partial charge >= 0.3 is 5.97 Å². The summed E-state index contributed by atoms with van der Waals surface area (Å²) in [5.74, 6) is 0.0166. The van der Waals surface area contributed by atoms with E-state index in [1.54, 1.807) is 7.11 Å². The molecule has 0 amide bonds. The molecule has 2 rings (SSSR count). The Bertz CT molecular complexity index is 495. The molecule has 1 unspecified atom stereocenters. The summed E-state index contributed by atoms with van der Waals surface area (Å²) in [4.78, 5) is 11.9. The van der Waals surface area contributed by atoms with Gasteiger partial charge in [0.1, 0.15) is 11.3 Å². The van der Waals surface area contributed by atoms with Gasteiger partial charge in [0, 0.05) is 5.69 Å². The summed E-state index contributed by atoms with van der Waals surface area (Å²) in [6.45, 7) is 4.44. The van der Waals surface area contributed by atoms with Gasteiger partial charge < -0.3 is 15.2 Å². The van der Waals surface area contributed by atoms with Crippen molar-refractivity contribution in [2.24, 2.45) is 5.41 Å². The number of carbonyl (C=O) groups is 1. The first kappa shape index (κ1) is 15.7. The summed E-state index contributed by atoms with van der Waals surface area (Å²) in [5, 5.41) is 13.0. The third-order valence-corrected chi connectivity index (χ3v) is 4.57. The molecular weight excluding hydrogens is 266 g/mol. The lowest BCUT2D eigenvalue weighted by Crippen LogP contribution is -2.46. The van der Waals surface area contributed by atoms with Crippen molar-refractivity contribution in [3.8, 4) is 5.75 Å². The predicted molar refractivity (Wildman–Crippen MR) is 83.8 cm³/mol. The van der Waals surface area contributed by atoms with E-state index in [0.29, 0.717) is 12.8 Å². The van der Waals surface area contributed by atoms with Crippen LogP contribution in [0.4, 0.5) is 5.69 Å². The van der Waals surface area contributed by atoms with Crippen LogP contribution in [0.2, 0.25) is 0 Å². The summed E-state index contributed by atoms with van der Waals surface area (Å²) in [5.41, 5.74) is 0.194. The van der Waals surface area contributed by atoms with Crippen LogP contribution in [0, 0.1) is 5.41 Å². The quantitative estimate of drug-likeness (QED) is 0.825. The molecule has 4 nitrogen and oxygen atoms in total. The third-order valence-electron chi connectivity index (χ3n) is 4.57. The molecule has 1 fully saturated rings. The fraction of sp³-hybridized carbons (Fsp3) is 0.588. The first-order valence-corrected chi connectivity index (χ1v) is 7.53. The molecule has 0 saturated heterocycles. The monoisotopic (exact) mass is 291 g/mol. The van der Waals surface area contributed by atoms with Gasteiger partial charge in [-0.2, -0.15) is 0 Å². The van der Waals surface area contributed by atoms with Gasteiger partial charge in [0.25, 0.3) is 0 Å². The number of aliphatic carboxylic acids is 1. The van der Waals surface area contributed by atoms with Crippen LogP contribution < -0.4 is 10.1 Å². The maximum Gasteiger partial charge on any atom is 0.329 e. The minimum absolute atomic E-state index is 0.221. The van der Waals surface area contributed by atoms with Crippen LogP contribution in [0.3, 0.4) is 0 Å². The molecule has 1 aliphatic rings. The van der Waals surface area contributed by atoms with Crippen molar-refractivity contribution in [2.75, 3.05) is 12.4 Å². The van der Waals surface area contributed by atoms with Crippen LogP contribution in [-0.4, -0.2) is 23.7 Å². The number of anilines is 1. The molecule has 4 heteroatoms. The molecule has 2 N–H and O–H groups in total. The second-order valence-electron chi connectivity index (χ2n) is 6.76. The van der Waals surface area contributed by atoms with E-state index in [0.717, 1.165) is 30.7 Å². The van der Waals surface area contributed by atoms with Crippen LogP contribution in [0.5, 0.6) is 5.75 Å². The standard InChI is InChI=1S/C17H25NO3/c1-16(2)9-4-10-17(12-11-16,15(19)20)18-13-5-7-14(21-3)8-6-13/h5-8,18H,4,9-12H2,1-3H3,(H,19,20). The van der Waals surface area contributed by atoms with Gasteiger partial charge in [-0.15, -0.1) is 0 Å². The second-order valence-corrected chi connectivity index (χ2v) is 6.76. The largest absolute Gasteiger partial charge is 0.497 e. The molecule has 1 aromatic carbocycles. The molecule has 116 valence electrons. The molecule has 1 aliphatic carbocycles. The van der Waals surface area contributed by atoms with Crippen molar-refractivity contribution >= 4 is 11.7 Å². The first-order chi connectivity index (χ1) is 9.87. The van der Waals surface area contributed by atoms with Gasteiger partial charge in [0.05, 0.1) is 7.11 Å². The third kappa shape index (κ3) is 3.69. The van der Waals surface area contributed by atoms with E-state index in [4.69, 9.17) is 4.74 Å². The van der Waals surface area contributed by atoms with Crippen LogP contribution in [0.15, 0.2) is 24.3 Å². The second kappa shape index (κ2) is 5.96. The minimum Gasteiger partial charge on any atom is -0.497 e. The number of nitrogens with one attached hydrogen (secondary N) is 1. The highest BCUT2D eigenvalue weighted by molar-refractivity contribution is 5.83. The molecule has 1 saturated carbocycles. The number of carboxylic acids is 1. The van der Waals surface area contributed by atoms with Crippen LogP contribution in [0.1, 0.15) is 46.0 Å². The number of hydrogen-bond acceptors (Lipinski definition) is 3. The van der Waals surface area contributed by atoms with Crippen molar-refractivity contribution < 1.29 is 14.6 Å². The Morgan fingerprint density at radius 3 is 2.38 bits per heavy atom. The van der Waals surface area contributed by atoms with E-state index in [2.05, 4.69) is 19.2 Å². The van der Waals surface area contributed by atoms with E-state index < -0.39 is 11.5 Å². The normalized spacial score (nSPS) is 24.9. The summed E-state index contributed by atoms with van der Waals surface area (Å²) < 4.78 is 5.13. The predicted octanol–water partition coefficient (Wildman–Crippen LogP) is 3.92. The lowest BCUT2D eigenvalue weighted by atomic mass is 9.83. The van der Waals surface area contributed by atoms with Gasteiger partial charge in [0.15, 0.2) is 0 Å². The molecule has 0 aliphatic heterocycles. The van der Waals surface area contributed by atoms with Crippen LogP contribution in [-0.2, 0) is 4.79 Å². The summed E-state index contributed by atoms with van der Waals surface area (Å²) >= 11 is 0. The van der Waals surface area contributed by atoms with E-state index in [9.17, 15) is 9.90 Å². The fourth-order valence-corrected chi connectivity index (χ4v) is 3.01. The summed E-state index contributed by atoms with van der Waals surface area (Å²) in [7, 11) is 1.62. The Morgan fingerprint density at radius 1 is 1.14 bits per heavy atom. The highest BCUT2D eigenvalue weighted by Crippen LogP contribution is 2.39. The number of hydrogen-bond donors (Lipinski definition) is 2. The van der Waals surface area contributed by atoms with Gasteiger partial charge in [-0.1, -0.05) is 13.8 Å². The van der Waals surface area contributed by atoms with Crippen molar-refractivity contribution in [3.63, 3.8) is 0 Å². The summed E-state index contributed by atoms with van der Waals surface area (Å²) in [6, 6.07) is 7.44. The van der Waals surface area contributed by atoms with E-state index in [1.165, 1.54) is 0 Å². The molecule has 0 aromatic heterocycles. The highest BCUT2D eigenvalue weighted by Gasteiger charge is 2.41. The molecule has 0 radical (unpaired) electrons. The average Bonchev–Trinajstić information content (AvgIpc) is 2.59. The fourth-order valence-electron chi connectivity index (χ4n) is 3.01. The maximum atomic E-state index is 11.9. The lowest BCUT2D eigenvalue weighted by Gasteiger charge is -2.31. The van der Waals surface area contributed by atoms with E-state index >= 15 is 0 Å². The Hall–Kier alpha value is -1.71. The van der Waals surface area contributed by atoms with E-state index in [1.807, 2.05) is 24.3 Å². The van der Waals surface area contributed by atoms with E-state index in [-0.39, 0.29) is 5.41 Å². The number of ether oxygens (including phenoxy) is 1. The Labute approximate surface area is 126 Å². The number of carboxylic acid groups (broad SMARTS) is 1. The van der Waals surface area contributed by atoms with Crippen molar-refractivity contribution in [3.05, 3.63) is 24.3 Å². The first-order valence-electron chi connectivity index (χ1n) is 7.53. The Morgan fingerprint density at radius 2 is 1.81 bits per heavy atom. The zero-order valence-corrected chi connectivity index (χ0v) is 13.1. The van der Waals surface area contributed by atoms with Gasteiger partial charge in [0.2, 0.25) is 0 Å². The molecule has 1 aromatic rings. The number of benzene rings is 1. The van der Waals surface area contributed by atoms with Gasteiger partial charge in [-0.3, -0.25) is 0 Å². The lowest BCUT2D eigenvalue weighted by molar-refractivity contribution is -0.142. The Kier molecular flexibility index (Phi) is 4.45. The smallest absolute Gasteiger partial charge is 0.329 e. The molecule has 1 atom stereocenters. The Balaban J connectivity index is 2.19. The highest BCUT2D eigenvalue weighted by atomic mass is 16.5. The average molecular weight is 291 g/mol. The topological polar surface area (TPSA) is 58.6 Å². The zero-order valence-electron chi connectivity index (χ0n) is 13.1. The minimum atomic E-state index is -0.859. The number of rotatable bonds is 4. The van der Waals surface area contributed by atoms with Crippen molar-refractivity contribution in [1.82, 2.24) is 0 Å². The zero-order chi connectivity index (χ0) is 15.5. The van der Waals surface area contributed by atoms with Crippen molar-refractivity contribution in [1.29, 1.82) is 0 Å². The molecule has 21 heavy (non-hydrogen) atoms. The maximum absolute atomic E-state index is 11.9. The molecule has 0 spiro atoms. The molecule has 0 bridgehead atoms. The summed E-state index contributed by atoms with van der Waals surface area (Å²) in [6.07, 6.45) is 4.25. The van der Waals surface area contributed by atoms with Crippen molar-refractivity contribution in [2.45, 2.75) is 51.5 Å². The van der Waals surface area contributed by atoms with Crippen LogP contribution in [0.25, 0.3) is 0 Å². The number of methoxy groups -OCH3 is 1. The molecule has 0 heterocycles. The SMILES string of the molecule is COc1ccc(NC2(C(=O)O)CCCC(C)(C)CC2)cc1. The van der Waals surface area contributed by atoms with Crippen LogP contribution >= 0.6 is 0 Å². The van der Waals surface area contributed by atoms with Gasteiger partial charge in [-0.25, -0.2) is 4.79 Å². The van der Waals surface area contributed by atoms with Gasteiger partial charge in [-0.05, 0) is 61.8 Å².